The van der Waals surface area contributed by atoms with Gasteiger partial charge in [-0.25, -0.2) is 4.98 Å². The van der Waals surface area contributed by atoms with E-state index in [0.29, 0.717) is 23.8 Å². The van der Waals surface area contributed by atoms with Crippen molar-refractivity contribution in [1.29, 1.82) is 5.26 Å². The highest BCUT2D eigenvalue weighted by atomic mass is 16.5. The van der Waals surface area contributed by atoms with Gasteiger partial charge in [-0.15, -0.1) is 0 Å². The second-order valence-corrected chi connectivity index (χ2v) is 5.23. The zero-order valence-electron chi connectivity index (χ0n) is 13.0. The highest BCUT2D eigenvalue weighted by Crippen LogP contribution is 2.33. The molecule has 0 atom stereocenters. The van der Waals surface area contributed by atoms with Crippen LogP contribution in [0.1, 0.15) is 38.4 Å². The molecule has 1 aromatic heterocycles. The molecule has 0 N–H and O–H groups in total. The summed E-state index contributed by atoms with van der Waals surface area (Å²) >= 11 is 0. The molecule has 1 heterocycles. The molecule has 5 nitrogen and oxygen atoms in total. The normalized spacial score (nSPS) is 10.9. The topological polar surface area (TPSA) is 60.1 Å². The van der Waals surface area contributed by atoms with Crippen LogP contribution in [0.15, 0.2) is 12.1 Å². The van der Waals surface area contributed by atoms with Gasteiger partial charge in [-0.3, -0.25) is 0 Å². The summed E-state index contributed by atoms with van der Waals surface area (Å²) < 4.78 is 12.9. The molecule has 0 saturated carbocycles. The molecule has 0 radical (unpaired) electrons. The summed E-state index contributed by atoms with van der Waals surface area (Å²) in [5, 5.41) is 8.73. The van der Waals surface area contributed by atoms with E-state index in [9.17, 15) is 0 Å². The average Bonchev–Trinajstić information content (AvgIpc) is 2.84. The Bertz CT molecular complexity index is 668. The van der Waals surface area contributed by atoms with Crippen LogP contribution in [0.5, 0.6) is 11.5 Å². The number of aryl methyl sites for hydroxylation is 1. The molecular weight excluding hydrogens is 266 g/mol. The summed E-state index contributed by atoms with van der Waals surface area (Å²) in [4.78, 5) is 4.72. The third-order valence-corrected chi connectivity index (χ3v) is 3.47. The fourth-order valence-corrected chi connectivity index (χ4v) is 2.46. The van der Waals surface area contributed by atoms with Crippen molar-refractivity contribution in [3.8, 4) is 17.6 Å². The molecular formula is C16H21N3O2. The molecule has 112 valence electrons. The zero-order valence-corrected chi connectivity index (χ0v) is 13.0. The number of unbranched alkanes of at least 4 members (excludes halogenated alkanes) is 1. The second kappa shape index (κ2) is 6.49. The molecule has 0 fully saturated rings. The number of nitrogens with zero attached hydrogens (tertiary/aromatic N) is 3. The number of hydrogen-bond acceptors (Lipinski definition) is 4. The van der Waals surface area contributed by atoms with E-state index in [1.165, 1.54) is 0 Å². The van der Waals surface area contributed by atoms with Gasteiger partial charge in [-0.05, 0) is 6.42 Å². The van der Waals surface area contributed by atoms with Crippen LogP contribution in [0.25, 0.3) is 11.0 Å². The minimum Gasteiger partial charge on any atom is -0.493 e. The summed E-state index contributed by atoms with van der Waals surface area (Å²) in [5.41, 5.74) is 1.92. The van der Waals surface area contributed by atoms with Gasteiger partial charge in [0.2, 0.25) is 0 Å². The summed E-state index contributed by atoms with van der Waals surface area (Å²) in [6.45, 7) is 5.03. The minimum atomic E-state index is 0.316. The van der Waals surface area contributed by atoms with E-state index in [1.807, 2.05) is 12.1 Å². The lowest BCUT2D eigenvalue weighted by atomic mass is 10.2. The molecule has 2 aromatic rings. The van der Waals surface area contributed by atoms with Gasteiger partial charge in [0.1, 0.15) is 5.82 Å². The SMILES string of the molecule is COc1cc2nc(C(C)C)n(CCCC#N)c2cc1OC. The molecule has 5 heteroatoms. The minimum absolute atomic E-state index is 0.316. The molecule has 0 aliphatic rings. The zero-order chi connectivity index (χ0) is 15.4. The number of rotatable bonds is 6. The Hall–Kier alpha value is -2.22. The lowest BCUT2D eigenvalue weighted by molar-refractivity contribution is 0.355. The molecule has 0 unspecified atom stereocenters. The van der Waals surface area contributed by atoms with Crippen molar-refractivity contribution in [1.82, 2.24) is 9.55 Å². The molecule has 0 aliphatic carbocycles. The van der Waals surface area contributed by atoms with Gasteiger partial charge in [0.05, 0.1) is 31.3 Å². The predicted octanol–water partition coefficient (Wildman–Crippen LogP) is 3.48. The predicted molar refractivity (Wildman–Crippen MR) is 81.8 cm³/mol. The maximum Gasteiger partial charge on any atom is 0.163 e. The summed E-state index contributed by atoms with van der Waals surface area (Å²) in [6.07, 6.45) is 1.36. The standard InChI is InChI=1S/C16H21N3O2/c1-11(2)16-18-12-9-14(20-3)15(21-4)10-13(12)19(16)8-6-5-7-17/h9-11H,5-6,8H2,1-4H3. The number of hydrogen-bond donors (Lipinski definition) is 0. The van der Waals surface area contributed by atoms with Crippen molar-refractivity contribution in [2.45, 2.75) is 39.2 Å². The van der Waals surface area contributed by atoms with E-state index in [1.54, 1.807) is 14.2 Å². The number of benzene rings is 1. The number of aromatic nitrogens is 2. The number of imidazole rings is 1. The van der Waals surface area contributed by atoms with E-state index in [0.717, 1.165) is 29.8 Å². The molecule has 0 aliphatic heterocycles. The Labute approximate surface area is 125 Å². The largest absolute Gasteiger partial charge is 0.493 e. The van der Waals surface area contributed by atoms with Crippen molar-refractivity contribution in [3.63, 3.8) is 0 Å². The highest BCUT2D eigenvalue weighted by molar-refractivity contribution is 5.80. The quantitative estimate of drug-likeness (QED) is 0.763. The molecule has 0 saturated heterocycles. The highest BCUT2D eigenvalue weighted by Gasteiger charge is 2.16. The first-order valence-electron chi connectivity index (χ1n) is 7.11. The van der Waals surface area contributed by atoms with Crippen LogP contribution in [-0.4, -0.2) is 23.8 Å². The van der Waals surface area contributed by atoms with Crippen molar-refractivity contribution in [2.75, 3.05) is 14.2 Å². The smallest absolute Gasteiger partial charge is 0.163 e. The Morgan fingerprint density at radius 2 is 1.90 bits per heavy atom. The Balaban J connectivity index is 2.56. The Kier molecular flexibility index (Phi) is 4.69. The number of fused-ring (bicyclic) bond motifs is 1. The second-order valence-electron chi connectivity index (χ2n) is 5.23. The lowest BCUT2D eigenvalue weighted by Gasteiger charge is -2.11. The lowest BCUT2D eigenvalue weighted by Crippen LogP contribution is -2.05. The fraction of sp³-hybridized carbons (Fsp3) is 0.500. The Morgan fingerprint density at radius 1 is 1.24 bits per heavy atom. The van der Waals surface area contributed by atoms with Gasteiger partial charge in [0, 0.05) is 31.0 Å². The van der Waals surface area contributed by atoms with Crippen LogP contribution in [0.2, 0.25) is 0 Å². The van der Waals surface area contributed by atoms with Gasteiger partial charge in [-0.2, -0.15) is 5.26 Å². The first kappa shape index (κ1) is 15.2. The number of ether oxygens (including phenoxy) is 2. The third-order valence-electron chi connectivity index (χ3n) is 3.47. The third kappa shape index (κ3) is 2.94. The van der Waals surface area contributed by atoms with Crippen LogP contribution in [-0.2, 0) is 6.54 Å². The fourth-order valence-electron chi connectivity index (χ4n) is 2.46. The molecule has 0 bridgehead atoms. The van der Waals surface area contributed by atoms with E-state index >= 15 is 0 Å². The van der Waals surface area contributed by atoms with Crippen molar-refractivity contribution in [3.05, 3.63) is 18.0 Å². The van der Waals surface area contributed by atoms with Gasteiger partial charge in [0.25, 0.3) is 0 Å². The van der Waals surface area contributed by atoms with Crippen LogP contribution in [0.4, 0.5) is 0 Å². The van der Waals surface area contributed by atoms with E-state index in [4.69, 9.17) is 19.7 Å². The molecule has 0 spiro atoms. The first-order valence-corrected chi connectivity index (χ1v) is 7.11. The van der Waals surface area contributed by atoms with Gasteiger partial charge in [0.15, 0.2) is 11.5 Å². The average molecular weight is 287 g/mol. The maximum atomic E-state index is 8.73. The summed E-state index contributed by atoms with van der Waals surface area (Å²) in [7, 11) is 3.25. The Morgan fingerprint density at radius 3 is 2.48 bits per heavy atom. The van der Waals surface area contributed by atoms with Gasteiger partial charge in [-0.1, -0.05) is 13.8 Å². The number of nitriles is 1. The van der Waals surface area contributed by atoms with Crippen LogP contribution >= 0.6 is 0 Å². The van der Waals surface area contributed by atoms with Crippen LogP contribution in [0.3, 0.4) is 0 Å². The summed E-state index contributed by atoms with van der Waals surface area (Å²) in [6, 6.07) is 6.05. The van der Waals surface area contributed by atoms with Crippen molar-refractivity contribution in [2.24, 2.45) is 0 Å². The van der Waals surface area contributed by atoms with Gasteiger partial charge >= 0.3 is 0 Å². The molecule has 1 aromatic carbocycles. The molecule has 21 heavy (non-hydrogen) atoms. The van der Waals surface area contributed by atoms with Gasteiger partial charge < -0.3 is 14.0 Å². The van der Waals surface area contributed by atoms with Crippen LogP contribution < -0.4 is 9.47 Å². The van der Waals surface area contributed by atoms with E-state index < -0.39 is 0 Å². The summed E-state index contributed by atoms with van der Waals surface area (Å²) in [5.74, 6) is 2.72. The maximum absolute atomic E-state index is 8.73. The number of methoxy groups -OCH3 is 2. The van der Waals surface area contributed by atoms with Crippen LogP contribution in [0, 0.1) is 11.3 Å². The molecule has 2 rings (SSSR count). The van der Waals surface area contributed by atoms with E-state index in [-0.39, 0.29) is 0 Å². The van der Waals surface area contributed by atoms with Crippen molar-refractivity contribution < 1.29 is 9.47 Å². The monoisotopic (exact) mass is 287 g/mol. The first-order chi connectivity index (χ1) is 10.1. The molecule has 0 amide bonds. The van der Waals surface area contributed by atoms with E-state index in [2.05, 4.69) is 24.5 Å². The van der Waals surface area contributed by atoms with Crippen molar-refractivity contribution >= 4 is 11.0 Å².